The van der Waals surface area contributed by atoms with Crippen molar-refractivity contribution in [2.75, 3.05) is 19.6 Å². The van der Waals surface area contributed by atoms with E-state index in [2.05, 4.69) is 58.7 Å². The number of nitrogens with one attached hydrogen (secondary N) is 1. The zero-order chi connectivity index (χ0) is 14.7. The van der Waals surface area contributed by atoms with Crippen molar-refractivity contribution in [3.8, 4) is 0 Å². The van der Waals surface area contributed by atoms with Crippen LogP contribution in [0.25, 0.3) is 0 Å². The van der Waals surface area contributed by atoms with Gasteiger partial charge >= 0.3 is 0 Å². The highest BCUT2D eigenvalue weighted by Gasteiger charge is 2.33. The predicted molar refractivity (Wildman–Crippen MR) is 85.6 cm³/mol. The second kappa shape index (κ2) is 6.58. The Kier molecular flexibility index (Phi) is 5.88. The van der Waals surface area contributed by atoms with Gasteiger partial charge in [0.2, 0.25) is 0 Å². The van der Waals surface area contributed by atoms with Crippen molar-refractivity contribution < 1.29 is 0 Å². The molecule has 1 rings (SSSR count). The van der Waals surface area contributed by atoms with Gasteiger partial charge in [-0.15, -0.1) is 0 Å². The summed E-state index contributed by atoms with van der Waals surface area (Å²) in [5, 5.41) is 3.67. The van der Waals surface area contributed by atoms with Crippen molar-refractivity contribution in [1.29, 1.82) is 0 Å². The Morgan fingerprint density at radius 1 is 1.11 bits per heavy atom. The molecular formula is C17H36N2. The highest BCUT2D eigenvalue weighted by Crippen LogP contribution is 2.30. The summed E-state index contributed by atoms with van der Waals surface area (Å²) in [6.07, 6.45) is 4.17. The van der Waals surface area contributed by atoms with Crippen LogP contribution in [0, 0.1) is 11.3 Å². The first-order valence-corrected chi connectivity index (χ1v) is 8.08. The molecule has 1 aliphatic carbocycles. The molecule has 2 nitrogen and oxygen atoms in total. The van der Waals surface area contributed by atoms with Gasteiger partial charge < -0.3 is 5.32 Å². The minimum atomic E-state index is 0.222. The molecule has 0 unspecified atom stereocenters. The molecule has 1 fully saturated rings. The van der Waals surface area contributed by atoms with Crippen LogP contribution in [0.2, 0.25) is 0 Å². The van der Waals surface area contributed by atoms with Gasteiger partial charge in [-0.3, -0.25) is 4.90 Å². The standard InChI is InChI=1S/C17H36N2/c1-14(2)10-11-19(15-8-9-15)13-17(6,7)12-18-16(3,4)5/h14-15,18H,8-13H2,1-7H3. The number of rotatable bonds is 8. The Bertz CT molecular complexity index is 259. The second-order valence-corrected chi connectivity index (χ2v) is 8.65. The van der Waals surface area contributed by atoms with Gasteiger partial charge in [-0.2, -0.15) is 0 Å². The summed E-state index contributed by atoms with van der Waals surface area (Å²) in [5.41, 5.74) is 0.576. The van der Waals surface area contributed by atoms with Crippen LogP contribution in [0.15, 0.2) is 0 Å². The molecule has 0 atom stereocenters. The zero-order valence-electron chi connectivity index (χ0n) is 14.3. The van der Waals surface area contributed by atoms with Crippen molar-refractivity contribution >= 4 is 0 Å². The second-order valence-electron chi connectivity index (χ2n) is 8.65. The van der Waals surface area contributed by atoms with Crippen LogP contribution in [-0.2, 0) is 0 Å². The Morgan fingerprint density at radius 2 is 1.68 bits per heavy atom. The normalized spacial score (nSPS) is 17.5. The molecule has 0 aromatic rings. The summed E-state index contributed by atoms with van der Waals surface area (Å²) in [4.78, 5) is 2.74. The van der Waals surface area contributed by atoms with Gasteiger partial charge in [0, 0.05) is 24.7 Å². The Balaban J connectivity index is 2.42. The van der Waals surface area contributed by atoms with Crippen LogP contribution < -0.4 is 5.32 Å². The maximum atomic E-state index is 3.67. The first kappa shape index (κ1) is 17.0. The molecular weight excluding hydrogens is 232 g/mol. The molecule has 0 aromatic heterocycles. The van der Waals surface area contributed by atoms with E-state index in [9.17, 15) is 0 Å². The smallest absolute Gasteiger partial charge is 0.00967 e. The molecule has 114 valence electrons. The molecule has 0 heterocycles. The van der Waals surface area contributed by atoms with Crippen molar-refractivity contribution in [3.05, 3.63) is 0 Å². The number of nitrogens with zero attached hydrogens (tertiary/aromatic N) is 1. The molecule has 0 aromatic carbocycles. The highest BCUT2D eigenvalue weighted by atomic mass is 15.2. The minimum Gasteiger partial charge on any atom is -0.311 e. The van der Waals surface area contributed by atoms with Crippen LogP contribution in [0.3, 0.4) is 0 Å². The zero-order valence-corrected chi connectivity index (χ0v) is 14.3. The average Bonchev–Trinajstić information content (AvgIpc) is 3.04. The summed E-state index contributed by atoms with van der Waals surface area (Å²) in [6.45, 7) is 19.8. The lowest BCUT2D eigenvalue weighted by Gasteiger charge is -2.36. The van der Waals surface area contributed by atoms with E-state index in [0.29, 0.717) is 5.41 Å². The van der Waals surface area contributed by atoms with Crippen molar-refractivity contribution in [3.63, 3.8) is 0 Å². The van der Waals surface area contributed by atoms with Crippen LogP contribution in [0.4, 0.5) is 0 Å². The number of hydrogen-bond donors (Lipinski definition) is 1. The first-order valence-electron chi connectivity index (χ1n) is 8.08. The van der Waals surface area contributed by atoms with Crippen LogP contribution >= 0.6 is 0 Å². The summed E-state index contributed by atoms with van der Waals surface area (Å²) >= 11 is 0. The fraction of sp³-hybridized carbons (Fsp3) is 1.00. The van der Waals surface area contributed by atoms with E-state index < -0.39 is 0 Å². The van der Waals surface area contributed by atoms with Gasteiger partial charge in [0.25, 0.3) is 0 Å². The monoisotopic (exact) mass is 268 g/mol. The highest BCUT2D eigenvalue weighted by molar-refractivity contribution is 4.89. The molecule has 0 radical (unpaired) electrons. The molecule has 1 N–H and O–H groups in total. The maximum Gasteiger partial charge on any atom is 0.00967 e. The molecule has 0 bridgehead atoms. The maximum absolute atomic E-state index is 3.67. The molecule has 0 aliphatic heterocycles. The summed E-state index contributed by atoms with van der Waals surface area (Å²) in [7, 11) is 0. The SMILES string of the molecule is CC(C)CCN(CC(C)(C)CNC(C)(C)C)C1CC1. The van der Waals surface area contributed by atoms with Gasteiger partial charge in [0.15, 0.2) is 0 Å². The molecule has 0 amide bonds. The third-order valence-corrected chi connectivity index (χ3v) is 3.79. The molecule has 2 heteroatoms. The Hall–Kier alpha value is -0.0800. The topological polar surface area (TPSA) is 15.3 Å². The van der Waals surface area contributed by atoms with E-state index >= 15 is 0 Å². The van der Waals surface area contributed by atoms with Gasteiger partial charge in [0.05, 0.1) is 0 Å². The fourth-order valence-corrected chi connectivity index (χ4v) is 2.36. The third kappa shape index (κ3) is 7.94. The van der Waals surface area contributed by atoms with E-state index in [1.165, 1.54) is 32.4 Å². The van der Waals surface area contributed by atoms with Gasteiger partial charge in [-0.1, -0.05) is 27.7 Å². The van der Waals surface area contributed by atoms with Crippen LogP contribution in [0.1, 0.15) is 67.7 Å². The number of hydrogen-bond acceptors (Lipinski definition) is 2. The average molecular weight is 268 g/mol. The molecule has 1 aliphatic rings. The lowest BCUT2D eigenvalue weighted by molar-refractivity contribution is 0.152. The summed E-state index contributed by atoms with van der Waals surface area (Å²) < 4.78 is 0. The Morgan fingerprint density at radius 3 is 2.11 bits per heavy atom. The van der Waals surface area contributed by atoms with E-state index in [0.717, 1.165) is 18.5 Å². The van der Waals surface area contributed by atoms with E-state index in [1.807, 2.05) is 0 Å². The molecule has 0 saturated heterocycles. The summed E-state index contributed by atoms with van der Waals surface area (Å²) in [5.74, 6) is 0.817. The summed E-state index contributed by atoms with van der Waals surface area (Å²) in [6, 6.07) is 0.882. The van der Waals surface area contributed by atoms with Gasteiger partial charge in [-0.05, 0) is 57.9 Å². The minimum absolute atomic E-state index is 0.222. The van der Waals surface area contributed by atoms with E-state index in [4.69, 9.17) is 0 Å². The fourth-order valence-electron chi connectivity index (χ4n) is 2.36. The lowest BCUT2D eigenvalue weighted by atomic mass is 9.91. The van der Waals surface area contributed by atoms with Gasteiger partial charge in [0.1, 0.15) is 0 Å². The van der Waals surface area contributed by atoms with Crippen LogP contribution in [-0.4, -0.2) is 36.1 Å². The molecule has 19 heavy (non-hydrogen) atoms. The lowest BCUT2D eigenvalue weighted by Crippen LogP contribution is -2.47. The molecule has 0 spiro atoms. The van der Waals surface area contributed by atoms with E-state index in [1.54, 1.807) is 0 Å². The molecule has 1 saturated carbocycles. The third-order valence-electron chi connectivity index (χ3n) is 3.79. The first-order chi connectivity index (χ1) is 8.59. The van der Waals surface area contributed by atoms with E-state index in [-0.39, 0.29) is 5.54 Å². The largest absolute Gasteiger partial charge is 0.311 e. The van der Waals surface area contributed by atoms with Gasteiger partial charge in [-0.25, -0.2) is 0 Å². The van der Waals surface area contributed by atoms with Crippen LogP contribution in [0.5, 0.6) is 0 Å². The quantitative estimate of drug-likeness (QED) is 0.718. The van der Waals surface area contributed by atoms with Crippen molar-refractivity contribution in [2.24, 2.45) is 11.3 Å². The Labute approximate surface area is 121 Å². The van der Waals surface area contributed by atoms with Crippen molar-refractivity contribution in [2.45, 2.75) is 79.3 Å². The van der Waals surface area contributed by atoms with Crippen molar-refractivity contribution in [1.82, 2.24) is 10.2 Å². The predicted octanol–water partition coefficient (Wildman–Crippen LogP) is 3.91.